The van der Waals surface area contributed by atoms with E-state index in [1.54, 1.807) is 24.3 Å². The van der Waals surface area contributed by atoms with Crippen LogP contribution in [0.3, 0.4) is 0 Å². The van der Waals surface area contributed by atoms with Crippen LogP contribution in [0, 0.1) is 0 Å². The number of hydrogen-bond donors (Lipinski definition) is 1. The van der Waals surface area contributed by atoms with Crippen LogP contribution in [-0.4, -0.2) is 72.3 Å². The first-order chi connectivity index (χ1) is 15.0. The Balaban J connectivity index is 1.57. The molecule has 0 atom stereocenters. The topological polar surface area (TPSA) is 129 Å². The van der Waals surface area contributed by atoms with Crippen molar-refractivity contribution in [3.8, 4) is 11.4 Å². The highest BCUT2D eigenvalue weighted by molar-refractivity contribution is 7.89. The molecule has 4 rings (SSSR count). The molecule has 0 aliphatic carbocycles. The highest BCUT2D eigenvalue weighted by Gasteiger charge is 2.28. The summed E-state index contributed by atoms with van der Waals surface area (Å²) in [5, 5.41) is 13.7. The molecule has 1 fully saturated rings. The number of tetrazole rings is 1. The molecule has 0 bridgehead atoms. The third-order valence-electron chi connectivity index (χ3n) is 4.76. The molecule has 1 saturated heterocycles. The lowest BCUT2D eigenvalue weighted by Gasteiger charge is -2.26. The van der Waals surface area contributed by atoms with Crippen molar-refractivity contribution in [3.05, 3.63) is 54.4 Å². The molecule has 11 nitrogen and oxygen atoms in total. The van der Waals surface area contributed by atoms with Crippen molar-refractivity contribution in [2.45, 2.75) is 4.90 Å². The monoisotopic (exact) mass is 444 g/mol. The van der Waals surface area contributed by atoms with Crippen LogP contribution in [0.25, 0.3) is 5.69 Å². The van der Waals surface area contributed by atoms with E-state index in [1.807, 2.05) is 0 Å². The number of sulfonamides is 1. The zero-order valence-electron chi connectivity index (χ0n) is 16.6. The number of benzene rings is 2. The maximum absolute atomic E-state index is 12.9. The quantitative estimate of drug-likeness (QED) is 0.595. The lowest BCUT2D eigenvalue weighted by Crippen LogP contribution is -2.40. The molecular formula is C19H20N6O5S. The summed E-state index contributed by atoms with van der Waals surface area (Å²) in [4.78, 5) is 12.9. The largest absolute Gasteiger partial charge is 0.496 e. The number of amides is 1. The summed E-state index contributed by atoms with van der Waals surface area (Å²) in [6.07, 6.45) is 1.46. The van der Waals surface area contributed by atoms with E-state index in [2.05, 4.69) is 20.8 Å². The fraction of sp³-hybridized carbons (Fsp3) is 0.263. The van der Waals surface area contributed by atoms with Crippen molar-refractivity contribution in [1.82, 2.24) is 24.5 Å². The number of nitrogens with one attached hydrogen (secondary N) is 1. The minimum Gasteiger partial charge on any atom is -0.496 e. The van der Waals surface area contributed by atoms with E-state index in [1.165, 1.54) is 40.6 Å². The van der Waals surface area contributed by atoms with E-state index in [0.717, 1.165) is 5.69 Å². The third-order valence-corrected chi connectivity index (χ3v) is 6.66. The molecule has 31 heavy (non-hydrogen) atoms. The van der Waals surface area contributed by atoms with Crippen LogP contribution < -0.4 is 10.1 Å². The SMILES string of the molecule is COc1ccc(S(=O)(=O)N2CCOCC2)cc1C(=O)Nc1ccc(-n2cnnn2)cc1. The second kappa shape index (κ2) is 8.79. The lowest BCUT2D eigenvalue weighted by molar-refractivity contribution is 0.0730. The van der Waals surface area contributed by atoms with Gasteiger partial charge in [0.1, 0.15) is 12.1 Å². The number of carbonyl (C=O) groups excluding carboxylic acids is 1. The fourth-order valence-corrected chi connectivity index (χ4v) is 4.57. The van der Waals surface area contributed by atoms with Crippen LogP contribution in [-0.2, 0) is 14.8 Å². The Morgan fingerprint density at radius 2 is 1.87 bits per heavy atom. The van der Waals surface area contributed by atoms with E-state index in [4.69, 9.17) is 9.47 Å². The number of methoxy groups -OCH3 is 1. The minimum absolute atomic E-state index is 0.0226. The predicted molar refractivity (Wildman–Crippen MR) is 110 cm³/mol. The first kappa shape index (κ1) is 20.9. The van der Waals surface area contributed by atoms with Gasteiger partial charge in [-0.25, -0.2) is 13.1 Å². The third kappa shape index (κ3) is 4.40. The van der Waals surface area contributed by atoms with Gasteiger partial charge >= 0.3 is 0 Å². The van der Waals surface area contributed by atoms with Gasteiger partial charge in [-0.1, -0.05) is 0 Å². The summed E-state index contributed by atoms with van der Waals surface area (Å²) in [7, 11) is -2.33. The number of aromatic nitrogens is 4. The molecule has 1 N–H and O–H groups in total. The molecule has 0 radical (unpaired) electrons. The number of carbonyl (C=O) groups is 1. The first-order valence-corrected chi connectivity index (χ1v) is 10.8. The standard InChI is InChI=1S/C19H20N6O5S/c1-29-18-7-6-16(31(27,28)24-8-10-30-11-9-24)12-17(18)19(26)21-14-2-4-15(5-3-14)25-13-20-22-23-25/h2-7,12-13H,8-11H2,1H3,(H,21,26). The van der Waals surface area contributed by atoms with Crippen LogP contribution in [0.4, 0.5) is 5.69 Å². The second-order valence-corrected chi connectivity index (χ2v) is 8.57. The molecule has 0 unspecified atom stereocenters. The maximum Gasteiger partial charge on any atom is 0.259 e. The summed E-state index contributed by atoms with van der Waals surface area (Å²) in [5.74, 6) is -0.227. The first-order valence-electron chi connectivity index (χ1n) is 9.40. The fourth-order valence-electron chi connectivity index (χ4n) is 3.14. The summed E-state index contributed by atoms with van der Waals surface area (Å²) in [5.41, 5.74) is 1.35. The van der Waals surface area contributed by atoms with Crippen LogP contribution in [0.15, 0.2) is 53.7 Å². The average molecular weight is 444 g/mol. The second-order valence-electron chi connectivity index (χ2n) is 6.63. The number of ether oxygens (including phenoxy) is 2. The zero-order chi connectivity index (χ0) is 21.8. The highest BCUT2D eigenvalue weighted by Crippen LogP contribution is 2.26. The van der Waals surface area contributed by atoms with Crippen molar-refractivity contribution in [3.63, 3.8) is 0 Å². The number of anilines is 1. The van der Waals surface area contributed by atoms with Crippen molar-refractivity contribution in [1.29, 1.82) is 0 Å². The molecule has 3 aromatic rings. The average Bonchev–Trinajstić information content (AvgIpc) is 3.34. The van der Waals surface area contributed by atoms with Gasteiger partial charge in [0, 0.05) is 18.8 Å². The Bertz CT molecular complexity index is 1160. The Morgan fingerprint density at radius 1 is 1.13 bits per heavy atom. The summed E-state index contributed by atoms with van der Waals surface area (Å²) >= 11 is 0. The van der Waals surface area contributed by atoms with Crippen molar-refractivity contribution >= 4 is 21.6 Å². The van der Waals surface area contributed by atoms with Gasteiger partial charge in [-0.3, -0.25) is 4.79 Å². The van der Waals surface area contributed by atoms with Gasteiger partial charge in [-0.2, -0.15) is 4.31 Å². The summed E-state index contributed by atoms with van der Waals surface area (Å²) in [6, 6.07) is 11.1. The van der Waals surface area contributed by atoms with E-state index >= 15 is 0 Å². The molecule has 2 aromatic carbocycles. The number of morpholine rings is 1. The van der Waals surface area contributed by atoms with E-state index in [0.29, 0.717) is 18.9 Å². The summed E-state index contributed by atoms with van der Waals surface area (Å²) < 4.78 is 39.2. The molecule has 2 heterocycles. The Hall–Kier alpha value is -3.35. The van der Waals surface area contributed by atoms with E-state index in [-0.39, 0.29) is 29.3 Å². The van der Waals surface area contributed by atoms with Crippen LogP contribution in [0.2, 0.25) is 0 Å². The molecule has 1 amide bonds. The van der Waals surface area contributed by atoms with Gasteiger partial charge in [0.05, 0.1) is 36.5 Å². The zero-order valence-corrected chi connectivity index (χ0v) is 17.4. The predicted octanol–water partition coefficient (Wildman–Crippen LogP) is 0.944. The van der Waals surface area contributed by atoms with Crippen LogP contribution >= 0.6 is 0 Å². The van der Waals surface area contributed by atoms with Gasteiger partial charge in [0.2, 0.25) is 10.0 Å². The van der Waals surface area contributed by atoms with Crippen molar-refractivity contribution < 1.29 is 22.7 Å². The molecule has 1 aliphatic rings. The molecule has 0 saturated carbocycles. The molecule has 1 aliphatic heterocycles. The normalized spacial score (nSPS) is 14.9. The van der Waals surface area contributed by atoms with Gasteiger partial charge in [0.25, 0.3) is 5.91 Å². The Labute approximate surface area is 178 Å². The van der Waals surface area contributed by atoms with Crippen LogP contribution in [0.1, 0.15) is 10.4 Å². The smallest absolute Gasteiger partial charge is 0.259 e. The van der Waals surface area contributed by atoms with Crippen LogP contribution in [0.5, 0.6) is 5.75 Å². The van der Waals surface area contributed by atoms with Gasteiger partial charge in [-0.05, 0) is 52.9 Å². The molecule has 162 valence electrons. The molecule has 12 heteroatoms. The van der Waals surface area contributed by atoms with E-state index in [9.17, 15) is 13.2 Å². The van der Waals surface area contributed by atoms with Crippen molar-refractivity contribution in [2.24, 2.45) is 0 Å². The summed E-state index contributed by atoms with van der Waals surface area (Å²) in [6.45, 7) is 1.21. The van der Waals surface area contributed by atoms with Gasteiger partial charge in [0.15, 0.2) is 0 Å². The van der Waals surface area contributed by atoms with Gasteiger partial charge < -0.3 is 14.8 Å². The molecule has 0 spiro atoms. The minimum atomic E-state index is -3.75. The van der Waals surface area contributed by atoms with E-state index < -0.39 is 15.9 Å². The number of hydrogen-bond acceptors (Lipinski definition) is 8. The number of rotatable bonds is 6. The molecular weight excluding hydrogens is 424 g/mol. The molecule has 1 aromatic heterocycles. The number of nitrogens with zero attached hydrogens (tertiary/aromatic N) is 5. The van der Waals surface area contributed by atoms with Gasteiger partial charge in [-0.15, -0.1) is 5.10 Å². The Morgan fingerprint density at radius 3 is 2.52 bits per heavy atom. The Kier molecular flexibility index (Phi) is 5.93. The lowest BCUT2D eigenvalue weighted by atomic mass is 10.1. The highest BCUT2D eigenvalue weighted by atomic mass is 32.2. The van der Waals surface area contributed by atoms with Crippen molar-refractivity contribution in [2.75, 3.05) is 38.7 Å². The maximum atomic E-state index is 12.9.